The van der Waals surface area contributed by atoms with Gasteiger partial charge in [0.25, 0.3) is 5.91 Å². The fraction of sp³-hybridized carbons (Fsp3) is 0.562. The van der Waals surface area contributed by atoms with E-state index < -0.39 is 0 Å². The van der Waals surface area contributed by atoms with Gasteiger partial charge in [0.1, 0.15) is 5.69 Å². The van der Waals surface area contributed by atoms with Crippen molar-refractivity contribution >= 4 is 18.3 Å². The lowest BCUT2D eigenvalue weighted by molar-refractivity contribution is 0.0898. The molecular weight excluding hydrogens is 328 g/mol. The van der Waals surface area contributed by atoms with E-state index in [4.69, 9.17) is 5.73 Å². The van der Waals surface area contributed by atoms with Gasteiger partial charge in [-0.3, -0.25) is 14.6 Å². The summed E-state index contributed by atoms with van der Waals surface area (Å²) in [5.41, 5.74) is 9.72. The molecule has 1 fully saturated rings. The largest absolute Gasteiger partial charge is 0.344 e. The van der Waals surface area contributed by atoms with Crippen LogP contribution in [0.2, 0.25) is 0 Å². The monoisotopic (exact) mass is 352 g/mol. The predicted octanol–water partition coefficient (Wildman–Crippen LogP) is 1.85. The van der Waals surface area contributed by atoms with E-state index in [1.807, 2.05) is 25.6 Å². The van der Waals surface area contributed by atoms with E-state index in [1.54, 1.807) is 6.07 Å². The van der Waals surface area contributed by atoms with E-state index in [0.29, 0.717) is 12.2 Å². The van der Waals surface area contributed by atoms with Crippen LogP contribution in [0, 0.1) is 13.8 Å². The van der Waals surface area contributed by atoms with Crippen molar-refractivity contribution in [2.75, 3.05) is 6.54 Å². The minimum atomic E-state index is -0.261. The highest BCUT2D eigenvalue weighted by atomic mass is 35.5. The Morgan fingerprint density at radius 2 is 2.08 bits per heavy atom. The van der Waals surface area contributed by atoms with Crippen LogP contribution in [0.5, 0.6) is 0 Å². The van der Waals surface area contributed by atoms with Crippen LogP contribution in [0.1, 0.15) is 47.6 Å². The Bertz CT molecular complexity index is 729. The molecule has 0 spiro atoms. The van der Waals surface area contributed by atoms with Gasteiger partial charge >= 0.3 is 0 Å². The molecule has 0 saturated heterocycles. The number of carbonyl (C=O) groups excluding carboxylic acids is 1. The van der Waals surface area contributed by atoms with Gasteiger partial charge in [-0.15, -0.1) is 12.4 Å². The average Bonchev–Trinajstić information content (AvgIpc) is 3.21. The maximum atomic E-state index is 12.5. The number of aromatic amines is 1. The van der Waals surface area contributed by atoms with Crippen LogP contribution in [-0.2, 0) is 7.05 Å². The molecule has 1 saturated carbocycles. The lowest BCUT2D eigenvalue weighted by Crippen LogP contribution is -2.51. The zero-order valence-electron chi connectivity index (χ0n) is 14.3. The molecule has 1 amide bonds. The topological polar surface area (TPSA) is 102 Å². The number of nitrogens with zero attached hydrogens (tertiary/aromatic N) is 3. The Kier molecular flexibility index (Phi) is 5.35. The lowest BCUT2D eigenvalue weighted by Gasteiger charge is -2.28. The third kappa shape index (κ3) is 3.18. The number of amides is 1. The van der Waals surface area contributed by atoms with Gasteiger partial charge in [-0.25, -0.2) is 0 Å². The van der Waals surface area contributed by atoms with Gasteiger partial charge < -0.3 is 11.1 Å². The minimum absolute atomic E-state index is 0. The van der Waals surface area contributed by atoms with Crippen LogP contribution >= 0.6 is 12.4 Å². The van der Waals surface area contributed by atoms with Crippen molar-refractivity contribution in [3.8, 4) is 11.3 Å². The number of hydrogen-bond acceptors (Lipinski definition) is 4. The van der Waals surface area contributed by atoms with Gasteiger partial charge in [0.15, 0.2) is 0 Å². The first-order chi connectivity index (χ1) is 11.0. The second-order valence-corrected chi connectivity index (χ2v) is 6.48. The number of rotatable bonds is 4. The number of halogens is 1. The molecule has 0 aliphatic heterocycles. The van der Waals surface area contributed by atoms with Crippen molar-refractivity contribution in [1.29, 1.82) is 0 Å². The Morgan fingerprint density at radius 1 is 1.42 bits per heavy atom. The summed E-state index contributed by atoms with van der Waals surface area (Å²) in [5.74, 6) is -0.143. The minimum Gasteiger partial charge on any atom is -0.344 e. The molecular formula is C16H25ClN6O. The highest BCUT2D eigenvalue weighted by molar-refractivity contribution is 5.94. The number of nitrogens with one attached hydrogen (secondary N) is 2. The van der Waals surface area contributed by atoms with Gasteiger partial charge in [-0.2, -0.15) is 10.2 Å². The van der Waals surface area contributed by atoms with Crippen molar-refractivity contribution in [2.45, 2.75) is 45.1 Å². The number of nitrogens with two attached hydrogens (primary N) is 1. The normalized spacial score (nSPS) is 16.0. The number of aryl methyl sites for hydroxylation is 2. The molecule has 0 radical (unpaired) electrons. The summed E-state index contributed by atoms with van der Waals surface area (Å²) in [6.07, 6.45) is 4.10. The van der Waals surface area contributed by atoms with Gasteiger partial charge in [-0.05, 0) is 32.8 Å². The van der Waals surface area contributed by atoms with Gasteiger partial charge in [-0.1, -0.05) is 12.8 Å². The van der Waals surface area contributed by atoms with Crippen molar-refractivity contribution in [3.05, 3.63) is 23.1 Å². The molecule has 0 aromatic carbocycles. The van der Waals surface area contributed by atoms with Crippen LogP contribution in [0.25, 0.3) is 11.3 Å². The first kappa shape index (κ1) is 18.5. The Labute approximate surface area is 147 Å². The standard InChI is InChI=1S/C16H24N6O.ClH/c1-10-14(11(2)22(3)21-10)12-8-13(20-19-12)15(23)18-16(9-17)6-4-5-7-16;/h8H,4-7,9,17H2,1-3H3,(H,18,23)(H,19,20);1H. The molecule has 0 unspecified atom stereocenters. The first-order valence-electron chi connectivity index (χ1n) is 8.04. The highest BCUT2D eigenvalue weighted by Crippen LogP contribution is 2.29. The van der Waals surface area contributed by atoms with Gasteiger partial charge in [0.05, 0.1) is 16.9 Å². The zero-order valence-corrected chi connectivity index (χ0v) is 15.2. The molecule has 2 heterocycles. The van der Waals surface area contributed by atoms with E-state index in [0.717, 1.165) is 48.3 Å². The summed E-state index contributed by atoms with van der Waals surface area (Å²) < 4.78 is 1.82. The van der Waals surface area contributed by atoms with Crippen LogP contribution in [0.4, 0.5) is 0 Å². The molecule has 0 atom stereocenters. The highest BCUT2D eigenvalue weighted by Gasteiger charge is 2.34. The summed E-state index contributed by atoms with van der Waals surface area (Å²) >= 11 is 0. The molecule has 4 N–H and O–H groups in total. The maximum Gasteiger partial charge on any atom is 0.269 e. The molecule has 132 valence electrons. The summed E-state index contributed by atoms with van der Waals surface area (Å²) in [5, 5.41) is 14.6. The third-order valence-electron chi connectivity index (χ3n) is 4.92. The second-order valence-electron chi connectivity index (χ2n) is 6.48. The van der Waals surface area contributed by atoms with E-state index in [9.17, 15) is 4.79 Å². The second kappa shape index (κ2) is 6.94. The van der Waals surface area contributed by atoms with E-state index in [-0.39, 0.29) is 23.9 Å². The van der Waals surface area contributed by atoms with E-state index in [1.165, 1.54) is 0 Å². The summed E-state index contributed by atoms with van der Waals surface area (Å²) in [6.45, 7) is 4.41. The fourth-order valence-corrected chi connectivity index (χ4v) is 3.45. The van der Waals surface area contributed by atoms with E-state index >= 15 is 0 Å². The molecule has 3 rings (SSSR count). The third-order valence-corrected chi connectivity index (χ3v) is 4.92. The fourth-order valence-electron chi connectivity index (χ4n) is 3.45. The Hall–Kier alpha value is -1.86. The quantitative estimate of drug-likeness (QED) is 0.781. The smallest absolute Gasteiger partial charge is 0.269 e. The number of H-pyrrole nitrogens is 1. The molecule has 1 aliphatic carbocycles. The molecule has 1 aliphatic rings. The van der Waals surface area contributed by atoms with Crippen LogP contribution in [0.15, 0.2) is 6.07 Å². The predicted molar refractivity (Wildman–Crippen MR) is 95.2 cm³/mol. The van der Waals surface area contributed by atoms with Crippen LogP contribution in [0.3, 0.4) is 0 Å². The summed E-state index contributed by atoms with van der Waals surface area (Å²) in [7, 11) is 1.90. The average molecular weight is 353 g/mol. The van der Waals surface area contributed by atoms with Crippen molar-refractivity contribution in [1.82, 2.24) is 25.3 Å². The summed E-state index contributed by atoms with van der Waals surface area (Å²) in [6, 6.07) is 1.78. The molecule has 24 heavy (non-hydrogen) atoms. The SMILES string of the molecule is Cc1nn(C)c(C)c1-c1cc(C(=O)NC2(CN)CCCC2)[nH]n1.Cl. The molecule has 7 nitrogen and oxygen atoms in total. The number of hydrogen-bond donors (Lipinski definition) is 3. The van der Waals surface area contributed by atoms with Gasteiger partial charge in [0, 0.05) is 24.8 Å². The molecule has 0 bridgehead atoms. The summed E-state index contributed by atoms with van der Waals surface area (Å²) in [4.78, 5) is 12.5. The first-order valence-corrected chi connectivity index (χ1v) is 8.04. The maximum absolute atomic E-state index is 12.5. The van der Waals surface area contributed by atoms with Crippen molar-refractivity contribution in [2.24, 2.45) is 12.8 Å². The molecule has 2 aromatic heterocycles. The number of aromatic nitrogens is 4. The van der Waals surface area contributed by atoms with Gasteiger partial charge in [0.2, 0.25) is 0 Å². The van der Waals surface area contributed by atoms with E-state index in [2.05, 4.69) is 20.6 Å². The Morgan fingerprint density at radius 3 is 2.62 bits per heavy atom. The van der Waals surface area contributed by atoms with Crippen LogP contribution < -0.4 is 11.1 Å². The van der Waals surface area contributed by atoms with Crippen molar-refractivity contribution in [3.63, 3.8) is 0 Å². The number of carbonyl (C=O) groups is 1. The van der Waals surface area contributed by atoms with Crippen LogP contribution in [-0.4, -0.2) is 38.0 Å². The molecule has 2 aromatic rings. The molecule has 8 heteroatoms. The van der Waals surface area contributed by atoms with Crippen molar-refractivity contribution < 1.29 is 4.79 Å². The lowest BCUT2D eigenvalue weighted by atomic mass is 9.97. The Balaban J connectivity index is 0.00000208. The zero-order chi connectivity index (χ0) is 16.6.